The predicted molar refractivity (Wildman–Crippen MR) is 70.6 cm³/mol. The molecule has 0 aromatic carbocycles. The minimum atomic E-state index is -0.436. The molecule has 0 spiro atoms. The summed E-state index contributed by atoms with van der Waals surface area (Å²) in [5.74, 6) is 0. The Kier molecular flexibility index (Phi) is 9.69. The van der Waals surface area contributed by atoms with Crippen LogP contribution in [0.15, 0.2) is 0 Å². The molecule has 108 valence electrons. The third-order valence-corrected chi connectivity index (χ3v) is 2.12. The fourth-order valence-electron chi connectivity index (χ4n) is 1.35. The maximum absolute atomic E-state index is 11.3. The molecule has 0 radical (unpaired) electrons. The Bertz CT molecular complexity index is 214. The summed E-state index contributed by atoms with van der Waals surface area (Å²) >= 11 is 0. The number of aliphatic hydroxyl groups is 1. The standard InChI is InChI=1S/C13H27NO4/c1-13(2,3)18-12(16)14-8-6-4-5-7-10-17-11-9-15/h15H,4-11H2,1-3H3,(H,14,16). The summed E-state index contributed by atoms with van der Waals surface area (Å²) in [6, 6.07) is 0. The van der Waals surface area contributed by atoms with Crippen LogP contribution >= 0.6 is 0 Å². The second-order valence-electron chi connectivity index (χ2n) is 5.18. The van der Waals surface area contributed by atoms with Crippen molar-refractivity contribution in [3.05, 3.63) is 0 Å². The minimum Gasteiger partial charge on any atom is -0.444 e. The number of carbonyl (C=O) groups is 1. The minimum absolute atomic E-state index is 0.0831. The molecule has 0 unspecified atom stereocenters. The van der Waals surface area contributed by atoms with E-state index < -0.39 is 5.60 Å². The number of alkyl carbamates (subject to hydrolysis) is 1. The number of aliphatic hydroxyl groups excluding tert-OH is 1. The van der Waals surface area contributed by atoms with E-state index >= 15 is 0 Å². The number of unbranched alkanes of at least 4 members (excludes halogenated alkanes) is 3. The van der Waals surface area contributed by atoms with Crippen LogP contribution in [0.3, 0.4) is 0 Å². The zero-order valence-electron chi connectivity index (χ0n) is 11.8. The van der Waals surface area contributed by atoms with Gasteiger partial charge < -0.3 is 19.9 Å². The smallest absolute Gasteiger partial charge is 0.407 e. The normalized spacial score (nSPS) is 11.3. The van der Waals surface area contributed by atoms with E-state index in [0.717, 1.165) is 25.7 Å². The average Bonchev–Trinajstić information content (AvgIpc) is 2.24. The molecule has 5 nitrogen and oxygen atoms in total. The number of ether oxygens (including phenoxy) is 2. The quantitative estimate of drug-likeness (QED) is 0.624. The molecule has 0 aromatic rings. The molecular formula is C13H27NO4. The van der Waals surface area contributed by atoms with Crippen LogP contribution in [0.5, 0.6) is 0 Å². The first-order chi connectivity index (χ1) is 8.45. The highest BCUT2D eigenvalue weighted by Crippen LogP contribution is 2.06. The van der Waals surface area contributed by atoms with Gasteiger partial charge in [0.15, 0.2) is 0 Å². The van der Waals surface area contributed by atoms with Crippen molar-refractivity contribution in [3.8, 4) is 0 Å². The van der Waals surface area contributed by atoms with Gasteiger partial charge in [0.25, 0.3) is 0 Å². The van der Waals surface area contributed by atoms with E-state index in [4.69, 9.17) is 14.6 Å². The lowest BCUT2D eigenvalue weighted by molar-refractivity contribution is 0.0526. The first kappa shape index (κ1) is 17.2. The van der Waals surface area contributed by atoms with Crippen molar-refractivity contribution < 1.29 is 19.4 Å². The highest BCUT2D eigenvalue weighted by molar-refractivity contribution is 5.67. The van der Waals surface area contributed by atoms with E-state index in [2.05, 4.69) is 5.32 Å². The van der Waals surface area contributed by atoms with Gasteiger partial charge in [-0.1, -0.05) is 12.8 Å². The van der Waals surface area contributed by atoms with Gasteiger partial charge in [-0.2, -0.15) is 0 Å². The maximum Gasteiger partial charge on any atom is 0.407 e. The lowest BCUT2D eigenvalue weighted by Gasteiger charge is -2.19. The largest absolute Gasteiger partial charge is 0.444 e. The first-order valence-electron chi connectivity index (χ1n) is 6.61. The van der Waals surface area contributed by atoms with Crippen molar-refractivity contribution in [3.63, 3.8) is 0 Å². The van der Waals surface area contributed by atoms with E-state index in [1.807, 2.05) is 20.8 Å². The van der Waals surface area contributed by atoms with Crippen LogP contribution < -0.4 is 5.32 Å². The van der Waals surface area contributed by atoms with Gasteiger partial charge in [-0.3, -0.25) is 0 Å². The molecule has 0 aromatic heterocycles. The van der Waals surface area contributed by atoms with E-state index in [0.29, 0.717) is 19.8 Å². The monoisotopic (exact) mass is 261 g/mol. The average molecular weight is 261 g/mol. The summed E-state index contributed by atoms with van der Waals surface area (Å²) < 4.78 is 10.3. The molecule has 0 heterocycles. The number of amides is 1. The second kappa shape index (κ2) is 10.1. The van der Waals surface area contributed by atoms with Crippen LogP contribution in [0.1, 0.15) is 46.5 Å². The van der Waals surface area contributed by atoms with Crippen molar-refractivity contribution in [1.82, 2.24) is 5.32 Å². The van der Waals surface area contributed by atoms with Crippen LogP contribution in [-0.2, 0) is 9.47 Å². The van der Waals surface area contributed by atoms with Crippen molar-refractivity contribution >= 4 is 6.09 Å². The van der Waals surface area contributed by atoms with Gasteiger partial charge in [-0.05, 0) is 33.6 Å². The molecule has 18 heavy (non-hydrogen) atoms. The number of rotatable bonds is 9. The molecule has 0 aliphatic rings. The number of nitrogens with one attached hydrogen (secondary N) is 1. The fraction of sp³-hybridized carbons (Fsp3) is 0.923. The van der Waals surface area contributed by atoms with E-state index in [-0.39, 0.29) is 12.7 Å². The Morgan fingerprint density at radius 2 is 1.78 bits per heavy atom. The predicted octanol–water partition coefficient (Wildman–Crippen LogP) is 2.08. The van der Waals surface area contributed by atoms with Gasteiger partial charge in [-0.25, -0.2) is 4.79 Å². The van der Waals surface area contributed by atoms with Crippen LogP contribution in [0.2, 0.25) is 0 Å². The molecule has 0 aliphatic carbocycles. The lowest BCUT2D eigenvalue weighted by atomic mass is 10.2. The molecule has 0 saturated heterocycles. The lowest BCUT2D eigenvalue weighted by Crippen LogP contribution is -2.32. The van der Waals surface area contributed by atoms with E-state index in [9.17, 15) is 4.79 Å². The Balaban J connectivity index is 3.23. The van der Waals surface area contributed by atoms with Gasteiger partial charge in [0, 0.05) is 13.2 Å². The topological polar surface area (TPSA) is 67.8 Å². The number of hydrogen-bond donors (Lipinski definition) is 2. The van der Waals surface area contributed by atoms with E-state index in [1.165, 1.54) is 0 Å². The van der Waals surface area contributed by atoms with Crippen LogP contribution in [0.4, 0.5) is 4.79 Å². The van der Waals surface area contributed by atoms with Gasteiger partial charge in [0.1, 0.15) is 5.60 Å². The van der Waals surface area contributed by atoms with Crippen molar-refractivity contribution in [1.29, 1.82) is 0 Å². The molecule has 0 bridgehead atoms. The van der Waals surface area contributed by atoms with Crippen LogP contribution in [0, 0.1) is 0 Å². The summed E-state index contributed by atoms with van der Waals surface area (Å²) in [7, 11) is 0. The SMILES string of the molecule is CC(C)(C)OC(=O)NCCCCCCOCCO. The number of hydrogen-bond acceptors (Lipinski definition) is 4. The molecule has 5 heteroatoms. The number of carbonyl (C=O) groups excluding carboxylic acids is 1. The Morgan fingerprint density at radius 1 is 1.11 bits per heavy atom. The Morgan fingerprint density at radius 3 is 2.39 bits per heavy atom. The van der Waals surface area contributed by atoms with Crippen molar-refractivity contribution in [2.45, 2.75) is 52.1 Å². The summed E-state index contributed by atoms with van der Waals surface area (Å²) in [5.41, 5.74) is -0.436. The fourth-order valence-corrected chi connectivity index (χ4v) is 1.35. The van der Waals surface area contributed by atoms with Gasteiger partial charge in [-0.15, -0.1) is 0 Å². The molecule has 1 amide bonds. The van der Waals surface area contributed by atoms with Gasteiger partial charge in [0.05, 0.1) is 13.2 Å². The van der Waals surface area contributed by atoms with Crippen LogP contribution in [0.25, 0.3) is 0 Å². The zero-order valence-corrected chi connectivity index (χ0v) is 11.8. The Labute approximate surface area is 110 Å². The molecule has 0 rings (SSSR count). The van der Waals surface area contributed by atoms with Gasteiger partial charge in [0.2, 0.25) is 0 Å². The van der Waals surface area contributed by atoms with Crippen molar-refractivity contribution in [2.24, 2.45) is 0 Å². The summed E-state index contributed by atoms with van der Waals surface area (Å²) in [5, 5.41) is 11.2. The second-order valence-corrected chi connectivity index (χ2v) is 5.18. The molecule has 2 N–H and O–H groups in total. The maximum atomic E-state index is 11.3. The third-order valence-electron chi connectivity index (χ3n) is 2.12. The van der Waals surface area contributed by atoms with Crippen LogP contribution in [-0.4, -0.2) is 43.2 Å². The summed E-state index contributed by atoms with van der Waals surface area (Å²) in [6.07, 6.45) is 3.71. The van der Waals surface area contributed by atoms with Gasteiger partial charge >= 0.3 is 6.09 Å². The zero-order chi connectivity index (χ0) is 13.9. The molecule has 0 aliphatic heterocycles. The highest BCUT2D eigenvalue weighted by atomic mass is 16.6. The third kappa shape index (κ3) is 13.3. The molecule has 0 fully saturated rings. The molecule has 0 atom stereocenters. The summed E-state index contributed by atoms with van der Waals surface area (Å²) in [6.45, 7) is 7.38. The summed E-state index contributed by atoms with van der Waals surface area (Å²) in [4.78, 5) is 11.3. The molecule has 0 saturated carbocycles. The van der Waals surface area contributed by atoms with E-state index in [1.54, 1.807) is 0 Å². The highest BCUT2D eigenvalue weighted by Gasteiger charge is 2.15. The molecular weight excluding hydrogens is 234 g/mol. The van der Waals surface area contributed by atoms with Crippen molar-refractivity contribution in [2.75, 3.05) is 26.4 Å². The first-order valence-corrected chi connectivity index (χ1v) is 6.61. The Hall–Kier alpha value is -0.810.